The minimum atomic E-state index is -3.70. The number of benzene rings is 1. The van der Waals surface area contributed by atoms with Gasteiger partial charge in [-0.2, -0.15) is 4.31 Å². The summed E-state index contributed by atoms with van der Waals surface area (Å²) in [5.74, 6) is -1.50. The van der Waals surface area contributed by atoms with Crippen LogP contribution in [0, 0.1) is 0 Å². The Kier molecular flexibility index (Phi) is 4.09. The van der Waals surface area contributed by atoms with Gasteiger partial charge in [0.2, 0.25) is 10.0 Å². The minimum Gasteiger partial charge on any atom is -0.478 e. The average Bonchev–Trinajstić information content (AvgIpc) is 2.70. The monoisotopic (exact) mass is 301 g/mol. The molecule has 0 amide bonds. The summed E-state index contributed by atoms with van der Waals surface area (Å²) >= 11 is 0. The molecule has 1 fully saturated rings. The Bertz CT molecular complexity index is 604. The highest BCUT2D eigenvalue weighted by Crippen LogP contribution is 2.18. The third-order valence-corrected chi connectivity index (χ3v) is 4.92. The van der Waals surface area contributed by atoms with Gasteiger partial charge in [-0.3, -0.25) is 0 Å². The van der Waals surface area contributed by atoms with Crippen molar-refractivity contribution in [2.75, 3.05) is 13.1 Å². The molecule has 0 saturated carbocycles. The minimum absolute atomic E-state index is 0.0131. The predicted molar refractivity (Wildman–Crippen MR) is 69.6 cm³/mol. The number of hydrogen-bond acceptors (Lipinski definition) is 5. The second-order valence-corrected chi connectivity index (χ2v) is 6.68. The Morgan fingerprint density at radius 1 is 1.25 bits per heavy atom. The Morgan fingerprint density at radius 3 is 2.40 bits per heavy atom. The number of sulfonamides is 1. The lowest BCUT2D eigenvalue weighted by atomic mass is 10.1. The van der Waals surface area contributed by atoms with E-state index in [2.05, 4.69) is 0 Å². The van der Waals surface area contributed by atoms with E-state index in [1.54, 1.807) is 0 Å². The fraction of sp³-hybridized carbons (Fsp3) is 0.417. The molecule has 0 aliphatic carbocycles. The van der Waals surface area contributed by atoms with E-state index in [1.807, 2.05) is 0 Å². The van der Waals surface area contributed by atoms with Crippen LogP contribution in [-0.2, 0) is 15.8 Å². The number of carbonyl (C=O) groups is 1. The Labute approximate surface area is 116 Å². The summed E-state index contributed by atoms with van der Waals surface area (Å²) in [6.07, 6.45) is -2.18. The third-order valence-electron chi connectivity index (χ3n) is 3.14. The molecular weight excluding hydrogens is 286 g/mol. The summed E-state index contributed by atoms with van der Waals surface area (Å²) in [5, 5.41) is 27.6. The summed E-state index contributed by atoms with van der Waals surface area (Å²) < 4.78 is 25.3. The number of β-amino-alcohol motifs (C(OH)–C–C–N with tert-alkyl or cyclic N) is 2. The van der Waals surface area contributed by atoms with E-state index in [0.717, 1.165) is 4.31 Å². The molecule has 2 atom stereocenters. The summed E-state index contributed by atoms with van der Waals surface area (Å²) in [6.45, 7) is -0.301. The van der Waals surface area contributed by atoms with Crippen molar-refractivity contribution < 1.29 is 28.5 Å². The number of hydrogen-bond donors (Lipinski definition) is 3. The molecule has 110 valence electrons. The number of rotatable bonds is 4. The van der Waals surface area contributed by atoms with Crippen LogP contribution in [0.4, 0.5) is 0 Å². The van der Waals surface area contributed by atoms with Crippen molar-refractivity contribution in [1.82, 2.24) is 4.31 Å². The van der Waals surface area contributed by atoms with Crippen LogP contribution in [0.25, 0.3) is 0 Å². The Balaban J connectivity index is 2.17. The van der Waals surface area contributed by atoms with Crippen LogP contribution in [0.2, 0.25) is 0 Å². The molecule has 1 aliphatic rings. The van der Waals surface area contributed by atoms with Gasteiger partial charge in [-0.25, -0.2) is 13.2 Å². The molecule has 0 bridgehead atoms. The van der Waals surface area contributed by atoms with Crippen molar-refractivity contribution in [3.8, 4) is 0 Å². The van der Waals surface area contributed by atoms with Crippen molar-refractivity contribution in [3.63, 3.8) is 0 Å². The topological polar surface area (TPSA) is 115 Å². The first-order valence-electron chi connectivity index (χ1n) is 5.96. The molecule has 1 saturated heterocycles. The molecule has 0 aromatic heterocycles. The van der Waals surface area contributed by atoms with E-state index in [4.69, 9.17) is 5.11 Å². The normalized spacial score (nSPS) is 23.9. The maximum absolute atomic E-state index is 12.1. The number of aliphatic hydroxyl groups excluding tert-OH is 2. The first kappa shape index (κ1) is 14.9. The number of carboxylic acid groups (broad SMARTS) is 1. The number of carboxylic acids is 1. The summed E-state index contributed by atoms with van der Waals surface area (Å²) in [4.78, 5) is 10.8. The van der Waals surface area contributed by atoms with Gasteiger partial charge in [-0.15, -0.1) is 0 Å². The Hall–Kier alpha value is -1.48. The van der Waals surface area contributed by atoms with E-state index >= 15 is 0 Å². The molecule has 3 N–H and O–H groups in total. The number of nitrogens with zero attached hydrogens (tertiary/aromatic N) is 1. The fourth-order valence-electron chi connectivity index (χ4n) is 2.06. The van der Waals surface area contributed by atoms with Crippen molar-refractivity contribution >= 4 is 16.0 Å². The first-order valence-corrected chi connectivity index (χ1v) is 7.57. The first-order chi connectivity index (χ1) is 9.29. The van der Waals surface area contributed by atoms with Gasteiger partial charge in [-0.1, -0.05) is 12.1 Å². The van der Waals surface area contributed by atoms with E-state index in [9.17, 15) is 23.4 Å². The van der Waals surface area contributed by atoms with Crippen molar-refractivity contribution in [2.45, 2.75) is 18.0 Å². The molecule has 20 heavy (non-hydrogen) atoms. The SMILES string of the molecule is O=C(O)c1cccc(CS(=O)(=O)N2C[C@@H](O)[C@@H](O)C2)c1. The zero-order chi connectivity index (χ0) is 14.9. The predicted octanol–water partition coefficient (Wildman–Crippen LogP) is -0.748. The molecule has 1 aromatic carbocycles. The van der Waals surface area contributed by atoms with Crippen LogP contribution in [0.15, 0.2) is 24.3 Å². The molecule has 1 aromatic rings. The van der Waals surface area contributed by atoms with Gasteiger partial charge >= 0.3 is 5.97 Å². The summed E-state index contributed by atoms with van der Waals surface area (Å²) in [5.41, 5.74) is 0.361. The largest absolute Gasteiger partial charge is 0.478 e. The van der Waals surface area contributed by atoms with Crippen LogP contribution < -0.4 is 0 Å². The smallest absolute Gasteiger partial charge is 0.335 e. The molecular formula is C12H15NO6S. The van der Waals surface area contributed by atoms with Gasteiger partial charge < -0.3 is 15.3 Å². The maximum atomic E-state index is 12.1. The van der Waals surface area contributed by atoms with Crippen LogP contribution >= 0.6 is 0 Å². The molecule has 0 spiro atoms. The molecule has 8 heteroatoms. The average molecular weight is 301 g/mol. The van der Waals surface area contributed by atoms with Crippen molar-refractivity contribution in [2.24, 2.45) is 0 Å². The van der Waals surface area contributed by atoms with Gasteiger partial charge in [-0.05, 0) is 17.7 Å². The lowest BCUT2D eigenvalue weighted by molar-refractivity contribution is 0.0572. The zero-order valence-corrected chi connectivity index (χ0v) is 11.3. The maximum Gasteiger partial charge on any atom is 0.335 e. The highest BCUT2D eigenvalue weighted by molar-refractivity contribution is 7.88. The highest BCUT2D eigenvalue weighted by Gasteiger charge is 2.36. The quantitative estimate of drug-likeness (QED) is 0.674. The van der Waals surface area contributed by atoms with Gasteiger partial charge in [0.15, 0.2) is 0 Å². The van der Waals surface area contributed by atoms with Crippen LogP contribution in [0.1, 0.15) is 15.9 Å². The molecule has 0 radical (unpaired) electrons. The van der Waals surface area contributed by atoms with Gasteiger partial charge in [0.25, 0.3) is 0 Å². The Morgan fingerprint density at radius 2 is 1.85 bits per heavy atom. The van der Waals surface area contributed by atoms with E-state index in [1.165, 1.54) is 24.3 Å². The van der Waals surface area contributed by atoms with Gasteiger partial charge in [0, 0.05) is 13.1 Å². The zero-order valence-electron chi connectivity index (χ0n) is 10.5. The summed E-state index contributed by atoms with van der Waals surface area (Å²) in [7, 11) is -3.70. The summed E-state index contributed by atoms with van der Waals surface area (Å²) in [6, 6.07) is 5.67. The molecule has 7 nitrogen and oxygen atoms in total. The molecule has 1 heterocycles. The van der Waals surface area contributed by atoms with Crippen LogP contribution in [0.5, 0.6) is 0 Å². The lowest BCUT2D eigenvalue weighted by Gasteiger charge is -2.15. The van der Waals surface area contributed by atoms with Gasteiger partial charge in [0.05, 0.1) is 23.5 Å². The van der Waals surface area contributed by atoms with Gasteiger partial charge in [0.1, 0.15) is 0 Å². The molecule has 0 unspecified atom stereocenters. The highest BCUT2D eigenvalue weighted by atomic mass is 32.2. The van der Waals surface area contributed by atoms with E-state index in [0.29, 0.717) is 5.56 Å². The third kappa shape index (κ3) is 3.15. The lowest BCUT2D eigenvalue weighted by Crippen LogP contribution is -2.31. The number of aliphatic hydroxyl groups is 2. The second kappa shape index (κ2) is 5.49. The van der Waals surface area contributed by atoms with Crippen LogP contribution in [0.3, 0.4) is 0 Å². The van der Waals surface area contributed by atoms with E-state index in [-0.39, 0.29) is 24.4 Å². The van der Waals surface area contributed by atoms with Crippen LogP contribution in [-0.4, -0.2) is 59.3 Å². The molecule has 2 rings (SSSR count). The van der Waals surface area contributed by atoms with E-state index < -0.39 is 28.2 Å². The van der Waals surface area contributed by atoms with Crippen molar-refractivity contribution in [1.29, 1.82) is 0 Å². The van der Waals surface area contributed by atoms with Crippen molar-refractivity contribution in [3.05, 3.63) is 35.4 Å². The standard InChI is InChI=1S/C12H15NO6S/c14-10-5-13(6-11(10)15)20(18,19)7-8-2-1-3-9(4-8)12(16)17/h1-4,10-11,14-15H,5-7H2,(H,16,17)/t10-,11+. The number of aromatic carboxylic acids is 1. The molecule has 1 aliphatic heterocycles. The second-order valence-electron chi connectivity index (χ2n) is 4.71. The fourth-order valence-corrected chi connectivity index (χ4v) is 3.60.